The van der Waals surface area contributed by atoms with E-state index < -0.39 is 0 Å². The third-order valence-corrected chi connectivity index (χ3v) is 6.42. The summed E-state index contributed by atoms with van der Waals surface area (Å²) in [6, 6.07) is 3.27. The maximum Gasteiger partial charge on any atom is 0.00649 e. The van der Waals surface area contributed by atoms with Crippen LogP contribution >= 0.6 is 0 Å². The van der Waals surface area contributed by atoms with Gasteiger partial charge in [-0.2, -0.15) is 0 Å². The highest BCUT2D eigenvalue weighted by Crippen LogP contribution is 2.08. The minimum atomic E-state index is 0.786. The summed E-state index contributed by atoms with van der Waals surface area (Å²) in [5.41, 5.74) is 0. The summed E-state index contributed by atoms with van der Waals surface area (Å²) in [5, 5.41) is 13.6. The van der Waals surface area contributed by atoms with E-state index in [1.807, 2.05) is 0 Å². The van der Waals surface area contributed by atoms with Gasteiger partial charge in [0.05, 0.1) is 0 Å². The van der Waals surface area contributed by atoms with Gasteiger partial charge in [-0.05, 0) is 104 Å². The second-order valence-electron chi connectivity index (χ2n) is 9.10. The Kier molecular flexibility index (Phi) is 16.3. The third kappa shape index (κ3) is 13.9. The second kappa shape index (κ2) is 17.7. The van der Waals surface area contributed by atoms with Gasteiger partial charge in [0.15, 0.2) is 0 Å². The van der Waals surface area contributed by atoms with Crippen molar-refractivity contribution in [2.24, 2.45) is 0 Å². The summed E-state index contributed by atoms with van der Waals surface area (Å²) in [5.74, 6) is 0. The van der Waals surface area contributed by atoms with E-state index in [1.165, 1.54) is 103 Å². The Morgan fingerprint density at radius 1 is 0.500 bits per heavy atom. The summed E-state index contributed by atoms with van der Waals surface area (Å²) >= 11 is 0. The molecule has 0 aromatic carbocycles. The Morgan fingerprint density at radius 3 is 1.14 bits per heavy atom. The molecule has 0 radical (unpaired) electrons. The van der Waals surface area contributed by atoms with Crippen LogP contribution in [0.4, 0.5) is 0 Å². The largest absolute Gasteiger partial charge is 0.314 e. The van der Waals surface area contributed by atoms with Crippen LogP contribution in [0.25, 0.3) is 0 Å². The first-order valence-corrected chi connectivity index (χ1v) is 12.6. The predicted molar refractivity (Wildman–Crippen MR) is 125 cm³/mol. The van der Waals surface area contributed by atoms with Gasteiger partial charge in [-0.15, -0.1) is 0 Å². The Bertz CT molecular complexity index is 313. The van der Waals surface area contributed by atoms with E-state index in [2.05, 4.69) is 49.0 Å². The molecule has 4 N–H and O–H groups in total. The van der Waals surface area contributed by atoms with Crippen molar-refractivity contribution in [1.82, 2.24) is 21.3 Å². The summed E-state index contributed by atoms with van der Waals surface area (Å²) in [7, 11) is 0. The lowest BCUT2D eigenvalue weighted by Gasteiger charge is -2.21. The molecule has 4 heteroatoms. The van der Waals surface area contributed by atoms with Crippen LogP contribution < -0.4 is 21.3 Å². The SMILES string of the molecule is CC[C@H]1CCCCN1.CC[C@H]1CCCN1.C[C@H]1CCCCN1.C[C@H]1CCCN1. The Morgan fingerprint density at radius 2 is 0.893 bits per heavy atom. The predicted octanol–water partition coefficient (Wildman–Crippen LogP) is 4.59. The van der Waals surface area contributed by atoms with Crippen LogP contribution in [0.1, 0.15) is 105 Å². The van der Waals surface area contributed by atoms with Crippen molar-refractivity contribution in [2.45, 2.75) is 129 Å². The number of hydrogen-bond donors (Lipinski definition) is 4. The lowest BCUT2D eigenvalue weighted by Crippen LogP contribution is -2.32. The van der Waals surface area contributed by atoms with Gasteiger partial charge in [-0.3, -0.25) is 0 Å². The molecule has 4 saturated heterocycles. The fraction of sp³-hybridized carbons (Fsp3) is 1.00. The Labute approximate surface area is 176 Å². The molecule has 0 aromatic heterocycles. The van der Waals surface area contributed by atoms with E-state index in [0.29, 0.717) is 0 Å². The van der Waals surface area contributed by atoms with Crippen LogP contribution in [0, 0.1) is 0 Å². The van der Waals surface area contributed by atoms with Gasteiger partial charge in [0.25, 0.3) is 0 Å². The highest BCUT2D eigenvalue weighted by atomic mass is 14.9. The highest BCUT2D eigenvalue weighted by molar-refractivity contribution is 4.71. The van der Waals surface area contributed by atoms with Crippen molar-refractivity contribution in [3.63, 3.8) is 0 Å². The van der Waals surface area contributed by atoms with Crippen LogP contribution in [0.5, 0.6) is 0 Å². The van der Waals surface area contributed by atoms with Gasteiger partial charge in [0.2, 0.25) is 0 Å². The molecular formula is C24H52N4. The molecule has 0 aromatic rings. The molecule has 4 aliphatic rings. The molecule has 28 heavy (non-hydrogen) atoms. The molecule has 0 bridgehead atoms. The number of hydrogen-bond acceptors (Lipinski definition) is 4. The van der Waals surface area contributed by atoms with E-state index in [0.717, 1.165) is 24.2 Å². The van der Waals surface area contributed by atoms with E-state index in [4.69, 9.17) is 0 Å². The first-order chi connectivity index (χ1) is 13.7. The van der Waals surface area contributed by atoms with Gasteiger partial charge >= 0.3 is 0 Å². The smallest absolute Gasteiger partial charge is 0.00649 e. The minimum Gasteiger partial charge on any atom is -0.314 e. The first-order valence-electron chi connectivity index (χ1n) is 12.6. The van der Waals surface area contributed by atoms with Gasteiger partial charge < -0.3 is 21.3 Å². The van der Waals surface area contributed by atoms with Crippen molar-refractivity contribution < 1.29 is 0 Å². The average Bonchev–Trinajstić information content (AvgIpc) is 3.44. The molecule has 168 valence electrons. The van der Waals surface area contributed by atoms with Crippen molar-refractivity contribution in [1.29, 1.82) is 0 Å². The van der Waals surface area contributed by atoms with E-state index in [9.17, 15) is 0 Å². The molecular weight excluding hydrogens is 344 g/mol. The molecule has 4 aliphatic heterocycles. The topological polar surface area (TPSA) is 48.1 Å². The maximum atomic E-state index is 3.47. The zero-order valence-electron chi connectivity index (χ0n) is 19.6. The second-order valence-corrected chi connectivity index (χ2v) is 9.10. The molecule has 0 aliphatic carbocycles. The van der Waals surface area contributed by atoms with Gasteiger partial charge in [-0.25, -0.2) is 0 Å². The van der Waals surface area contributed by atoms with Crippen LogP contribution in [-0.4, -0.2) is 50.3 Å². The van der Waals surface area contributed by atoms with Gasteiger partial charge in [0.1, 0.15) is 0 Å². The minimum absolute atomic E-state index is 0.786. The standard InChI is InChI=1S/C7H15N.2C6H13N.C5H11N/c1-2-7-5-3-4-6-8-7;1-6-4-2-3-5-7-6;1-2-6-4-3-5-7-6;1-5-3-2-4-6-5/h7-8H,2-6H2,1H3;2*6-7H,2-5H2,1H3;5-6H,2-4H2,1H3/t7-;2*6-;5-/m0000/s1. The summed E-state index contributed by atoms with van der Waals surface area (Å²) in [6.45, 7) is 13.9. The van der Waals surface area contributed by atoms with Crippen molar-refractivity contribution in [3.8, 4) is 0 Å². The van der Waals surface area contributed by atoms with Crippen LogP contribution in [0.3, 0.4) is 0 Å². The van der Waals surface area contributed by atoms with Crippen molar-refractivity contribution >= 4 is 0 Å². The quantitative estimate of drug-likeness (QED) is 0.551. The lowest BCUT2D eigenvalue weighted by molar-refractivity contribution is 0.393. The molecule has 4 nitrogen and oxygen atoms in total. The Balaban J connectivity index is 0.000000188. The molecule has 0 spiro atoms. The van der Waals surface area contributed by atoms with Crippen LogP contribution in [-0.2, 0) is 0 Å². The van der Waals surface area contributed by atoms with E-state index in [1.54, 1.807) is 0 Å². The molecule has 0 amide bonds. The third-order valence-electron chi connectivity index (χ3n) is 6.42. The van der Waals surface area contributed by atoms with E-state index in [-0.39, 0.29) is 0 Å². The van der Waals surface area contributed by atoms with Gasteiger partial charge in [-0.1, -0.05) is 26.7 Å². The number of piperidine rings is 2. The van der Waals surface area contributed by atoms with E-state index >= 15 is 0 Å². The molecule has 4 atom stereocenters. The fourth-order valence-corrected chi connectivity index (χ4v) is 4.26. The monoisotopic (exact) mass is 396 g/mol. The Hall–Kier alpha value is -0.160. The molecule has 4 heterocycles. The van der Waals surface area contributed by atoms with Crippen molar-refractivity contribution in [3.05, 3.63) is 0 Å². The zero-order chi connectivity index (χ0) is 20.5. The average molecular weight is 397 g/mol. The lowest BCUT2D eigenvalue weighted by atomic mass is 10.0. The van der Waals surface area contributed by atoms with Crippen molar-refractivity contribution in [2.75, 3.05) is 26.2 Å². The molecule has 4 rings (SSSR count). The summed E-state index contributed by atoms with van der Waals surface area (Å²) < 4.78 is 0. The first kappa shape index (κ1) is 25.9. The highest BCUT2D eigenvalue weighted by Gasteiger charge is 2.10. The van der Waals surface area contributed by atoms with Gasteiger partial charge in [0, 0.05) is 24.2 Å². The van der Waals surface area contributed by atoms with Crippen LogP contribution in [0.15, 0.2) is 0 Å². The number of nitrogens with one attached hydrogen (secondary N) is 4. The summed E-state index contributed by atoms with van der Waals surface area (Å²) in [6.07, 6.45) is 16.5. The van der Waals surface area contributed by atoms with Crippen LogP contribution in [0.2, 0.25) is 0 Å². The molecule has 0 saturated carbocycles. The molecule has 0 unspecified atom stereocenters. The summed E-state index contributed by atoms with van der Waals surface area (Å²) in [4.78, 5) is 0. The maximum absolute atomic E-state index is 3.47. The zero-order valence-corrected chi connectivity index (χ0v) is 19.6. The normalized spacial score (nSPS) is 32.1. The fourth-order valence-electron chi connectivity index (χ4n) is 4.26. The number of rotatable bonds is 2. The molecule has 4 fully saturated rings.